The van der Waals surface area contributed by atoms with Gasteiger partial charge in [0.05, 0.1) is 0 Å². The molecule has 36 heavy (non-hydrogen) atoms. The number of fused-ring (bicyclic) bond motifs is 6. The summed E-state index contributed by atoms with van der Waals surface area (Å²) < 4.78 is 5.78. The van der Waals surface area contributed by atoms with Gasteiger partial charge in [-0.05, 0) is 110 Å². The molecule has 0 aromatic carbocycles. The minimum Gasteiger partial charge on any atom is -0.463 e. The number of hydrazine groups is 1. The lowest BCUT2D eigenvalue weighted by molar-refractivity contribution is -0.180. The molecule has 0 aromatic rings. The molecular formula is C30H51N3O2S. The molecule has 1 saturated heterocycles. The average molecular weight is 518 g/mol. The van der Waals surface area contributed by atoms with Crippen molar-refractivity contribution < 1.29 is 9.53 Å². The summed E-state index contributed by atoms with van der Waals surface area (Å²) in [5.41, 5.74) is 7.39. The molecule has 1 aliphatic heterocycles. The zero-order chi connectivity index (χ0) is 25.9. The molecule has 5 nitrogen and oxygen atoms in total. The normalized spacial score (nSPS) is 46.5. The fraction of sp³-hybridized carbons (Fsp3) is 0.933. The van der Waals surface area contributed by atoms with Crippen molar-refractivity contribution in [1.29, 1.82) is 0 Å². The topological polar surface area (TPSA) is 62.4 Å². The van der Waals surface area contributed by atoms with Crippen molar-refractivity contribution in [2.45, 2.75) is 124 Å². The van der Waals surface area contributed by atoms with Gasteiger partial charge >= 0.3 is 5.97 Å². The first-order valence-electron chi connectivity index (χ1n) is 15.0. The summed E-state index contributed by atoms with van der Waals surface area (Å²) in [5, 5.41) is 4.45. The Morgan fingerprint density at radius 1 is 1.06 bits per heavy atom. The molecule has 6 heteroatoms. The Morgan fingerprint density at radius 2 is 1.78 bits per heavy atom. The molecule has 1 unspecified atom stereocenters. The van der Waals surface area contributed by atoms with Gasteiger partial charge in [-0.3, -0.25) is 10.2 Å². The largest absolute Gasteiger partial charge is 0.463 e. The summed E-state index contributed by atoms with van der Waals surface area (Å²) in [6.07, 6.45) is 13.8. The van der Waals surface area contributed by atoms with Crippen LogP contribution in [0.2, 0.25) is 0 Å². The standard InChI is InChI=1S/C30H51N3O2S/c1-18(2)8-7-9-19(3)23-10-11-24-22-17-30(31-27(36)32-33-30)26-16-21(35-20(4)34)12-14-29(26,6)25(22)13-15-28(23,24)5/h18-19,21-26,33H,7-17H2,1-6H3,(H2,31,32,36)/t19-,21+,22+,23-,24+,25+,26+,28-,29-,30?/m1/s1. The van der Waals surface area contributed by atoms with Crippen LogP contribution in [0, 0.1) is 52.3 Å². The van der Waals surface area contributed by atoms with Crippen molar-refractivity contribution in [3.05, 3.63) is 0 Å². The molecule has 5 aliphatic rings. The van der Waals surface area contributed by atoms with Crippen molar-refractivity contribution in [1.82, 2.24) is 16.2 Å². The molecule has 4 saturated carbocycles. The minimum atomic E-state index is -0.245. The van der Waals surface area contributed by atoms with Crippen molar-refractivity contribution in [2.24, 2.45) is 52.3 Å². The summed E-state index contributed by atoms with van der Waals surface area (Å²) in [6, 6.07) is 0. The first kappa shape index (κ1) is 26.7. The highest BCUT2D eigenvalue weighted by atomic mass is 32.1. The zero-order valence-electron chi connectivity index (χ0n) is 23.6. The van der Waals surface area contributed by atoms with Crippen LogP contribution in [-0.4, -0.2) is 22.8 Å². The Balaban J connectivity index is 1.40. The maximum Gasteiger partial charge on any atom is 0.302 e. The Labute approximate surface area is 225 Å². The van der Waals surface area contributed by atoms with E-state index >= 15 is 0 Å². The van der Waals surface area contributed by atoms with Crippen molar-refractivity contribution in [2.75, 3.05) is 0 Å². The molecular weight excluding hydrogens is 466 g/mol. The lowest BCUT2D eigenvalue weighted by Gasteiger charge is -2.65. The molecule has 0 bridgehead atoms. The van der Waals surface area contributed by atoms with E-state index in [-0.39, 0.29) is 23.2 Å². The summed E-state index contributed by atoms with van der Waals surface area (Å²) in [4.78, 5) is 11.8. The van der Waals surface area contributed by atoms with Crippen LogP contribution in [0.25, 0.3) is 0 Å². The van der Waals surface area contributed by atoms with Crippen LogP contribution in [0.1, 0.15) is 112 Å². The zero-order valence-corrected chi connectivity index (χ0v) is 24.4. The van der Waals surface area contributed by atoms with Gasteiger partial charge in [0, 0.05) is 12.8 Å². The molecule has 5 fully saturated rings. The number of ether oxygens (including phenoxy) is 1. The fourth-order valence-corrected chi connectivity index (χ4v) is 10.7. The molecule has 3 N–H and O–H groups in total. The second-order valence-electron chi connectivity index (χ2n) is 14.4. The number of carbonyl (C=O) groups excluding carboxylic acids is 1. The van der Waals surface area contributed by atoms with Crippen LogP contribution < -0.4 is 16.2 Å². The van der Waals surface area contributed by atoms with Crippen molar-refractivity contribution in [3.63, 3.8) is 0 Å². The smallest absolute Gasteiger partial charge is 0.302 e. The number of hydrogen-bond donors (Lipinski definition) is 3. The third-order valence-electron chi connectivity index (χ3n) is 12.0. The highest BCUT2D eigenvalue weighted by Crippen LogP contribution is 2.69. The van der Waals surface area contributed by atoms with E-state index in [1.165, 1.54) is 44.9 Å². The van der Waals surface area contributed by atoms with E-state index in [2.05, 4.69) is 50.8 Å². The number of thiocarbonyl (C=S) groups is 1. The van der Waals surface area contributed by atoms with Crippen LogP contribution in [0.3, 0.4) is 0 Å². The van der Waals surface area contributed by atoms with Crippen LogP contribution in [0.4, 0.5) is 0 Å². The predicted octanol–water partition coefficient (Wildman–Crippen LogP) is 6.33. The van der Waals surface area contributed by atoms with Gasteiger partial charge in [0.15, 0.2) is 5.11 Å². The number of esters is 1. The predicted molar refractivity (Wildman–Crippen MR) is 149 cm³/mol. The lowest BCUT2D eigenvalue weighted by atomic mass is 9.42. The number of nitrogens with one attached hydrogen (secondary N) is 3. The Kier molecular flexibility index (Phi) is 7.20. The van der Waals surface area contributed by atoms with E-state index in [1.807, 2.05) is 0 Å². The lowest BCUT2D eigenvalue weighted by Crippen LogP contribution is -2.70. The first-order chi connectivity index (χ1) is 17.0. The molecule has 10 atom stereocenters. The van der Waals surface area contributed by atoms with E-state index in [1.54, 1.807) is 6.92 Å². The molecule has 1 heterocycles. The van der Waals surface area contributed by atoms with E-state index in [0.717, 1.165) is 55.3 Å². The van der Waals surface area contributed by atoms with Crippen LogP contribution in [0.5, 0.6) is 0 Å². The molecule has 204 valence electrons. The second kappa shape index (κ2) is 9.70. The third-order valence-corrected chi connectivity index (χ3v) is 12.2. The van der Waals surface area contributed by atoms with Crippen LogP contribution >= 0.6 is 12.2 Å². The molecule has 0 amide bonds. The minimum absolute atomic E-state index is 0.0168. The molecule has 1 spiro atoms. The van der Waals surface area contributed by atoms with Gasteiger partial charge in [0.2, 0.25) is 0 Å². The van der Waals surface area contributed by atoms with Crippen LogP contribution in [-0.2, 0) is 9.53 Å². The van der Waals surface area contributed by atoms with E-state index in [9.17, 15) is 4.79 Å². The highest BCUT2D eigenvalue weighted by molar-refractivity contribution is 7.80. The summed E-state index contributed by atoms with van der Waals surface area (Å²) >= 11 is 5.61. The van der Waals surface area contributed by atoms with Crippen molar-refractivity contribution >= 4 is 23.3 Å². The van der Waals surface area contributed by atoms with Gasteiger partial charge in [-0.1, -0.05) is 53.9 Å². The summed E-state index contributed by atoms with van der Waals surface area (Å²) in [7, 11) is 0. The maximum absolute atomic E-state index is 11.8. The molecule has 4 aliphatic carbocycles. The van der Waals surface area contributed by atoms with Gasteiger partial charge in [-0.2, -0.15) is 0 Å². The Hall–Kier alpha value is -0.880. The van der Waals surface area contributed by atoms with Gasteiger partial charge in [0.25, 0.3) is 0 Å². The van der Waals surface area contributed by atoms with Gasteiger partial charge < -0.3 is 10.1 Å². The SMILES string of the molecule is CC(=O)O[C@H]1CC[C@@]2(C)[C@H](C1)C1(C[C@@H]3[C@@H]2CC[C@]2(C)[C@@H]([C@H](C)CCCC(C)C)CC[C@@H]32)NNC(=S)N1. The number of rotatable bonds is 6. The Morgan fingerprint density at radius 3 is 2.44 bits per heavy atom. The Bertz CT molecular complexity index is 865. The summed E-state index contributed by atoms with van der Waals surface area (Å²) in [6.45, 7) is 14.1. The van der Waals surface area contributed by atoms with E-state index in [4.69, 9.17) is 17.0 Å². The second-order valence-corrected chi connectivity index (χ2v) is 14.8. The van der Waals surface area contributed by atoms with Gasteiger partial charge in [0.1, 0.15) is 11.8 Å². The quantitative estimate of drug-likeness (QED) is 0.283. The van der Waals surface area contributed by atoms with Gasteiger partial charge in [-0.15, -0.1) is 0 Å². The fourth-order valence-electron chi connectivity index (χ4n) is 10.5. The van der Waals surface area contributed by atoms with E-state index < -0.39 is 0 Å². The average Bonchev–Trinajstić information content (AvgIpc) is 3.34. The number of hydrogen-bond acceptors (Lipinski definition) is 4. The van der Waals surface area contributed by atoms with Gasteiger partial charge in [-0.25, -0.2) is 5.43 Å². The number of carbonyl (C=O) groups is 1. The maximum atomic E-state index is 11.8. The molecule has 0 aromatic heterocycles. The third kappa shape index (κ3) is 4.40. The van der Waals surface area contributed by atoms with Crippen LogP contribution in [0.15, 0.2) is 0 Å². The molecule has 0 radical (unpaired) electrons. The monoisotopic (exact) mass is 517 g/mol. The van der Waals surface area contributed by atoms with E-state index in [0.29, 0.717) is 22.4 Å². The summed E-state index contributed by atoms with van der Waals surface area (Å²) in [5.74, 6) is 4.99. The first-order valence-corrected chi connectivity index (χ1v) is 15.4. The van der Waals surface area contributed by atoms with Crippen molar-refractivity contribution in [3.8, 4) is 0 Å². The highest BCUT2D eigenvalue weighted by Gasteiger charge is 2.67. The molecule has 5 rings (SSSR count).